The summed E-state index contributed by atoms with van der Waals surface area (Å²) in [6.45, 7) is 3.52. The van der Waals surface area contributed by atoms with Gasteiger partial charge in [-0.25, -0.2) is 4.39 Å². The molecule has 2 saturated heterocycles. The summed E-state index contributed by atoms with van der Waals surface area (Å²) in [6, 6.07) is 4.13. The summed E-state index contributed by atoms with van der Waals surface area (Å²) in [7, 11) is 0. The van der Waals surface area contributed by atoms with Crippen molar-refractivity contribution in [3.05, 3.63) is 29.0 Å². The van der Waals surface area contributed by atoms with Crippen molar-refractivity contribution in [2.24, 2.45) is 5.92 Å². The average Bonchev–Trinajstić information content (AvgIpc) is 2.94. The second kappa shape index (κ2) is 9.51. The largest absolute Gasteiger partial charge is 0.342 e. The fourth-order valence-corrected chi connectivity index (χ4v) is 4.05. The van der Waals surface area contributed by atoms with Gasteiger partial charge < -0.3 is 10.2 Å². The normalized spacial score (nSPS) is 19.6. The van der Waals surface area contributed by atoms with E-state index in [1.54, 1.807) is 0 Å². The Morgan fingerprint density at radius 1 is 1.07 bits per heavy atom. The van der Waals surface area contributed by atoms with Crippen LogP contribution in [0.4, 0.5) is 10.1 Å². The minimum atomic E-state index is -0.509. The van der Waals surface area contributed by atoms with E-state index in [1.165, 1.54) is 31.0 Å². The lowest BCUT2D eigenvalue weighted by molar-refractivity contribution is -0.137. The molecular formula is C20H27ClFN3O2. The molecule has 3 rings (SSSR count). The first-order valence-corrected chi connectivity index (χ1v) is 10.2. The van der Waals surface area contributed by atoms with Gasteiger partial charge in [-0.3, -0.25) is 14.5 Å². The van der Waals surface area contributed by atoms with Gasteiger partial charge in [-0.05, 0) is 57.0 Å². The predicted octanol–water partition coefficient (Wildman–Crippen LogP) is 3.53. The van der Waals surface area contributed by atoms with Crippen LogP contribution in [0.5, 0.6) is 0 Å². The lowest BCUT2D eigenvalue weighted by atomic mass is 9.95. The molecule has 1 N–H and O–H groups in total. The topological polar surface area (TPSA) is 52.7 Å². The number of nitrogens with zero attached hydrogens (tertiary/aromatic N) is 2. The van der Waals surface area contributed by atoms with Crippen molar-refractivity contribution in [3.8, 4) is 0 Å². The van der Waals surface area contributed by atoms with Crippen LogP contribution in [0.15, 0.2) is 18.2 Å². The molecule has 1 aromatic carbocycles. The number of nitrogens with one attached hydrogen (secondary N) is 1. The van der Waals surface area contributed by atoms with Crippen LogP contribution in [-0.2, 0) is 9.59 Å². The van der Waals surface area contributed by atoms with Gasteiger partial charge in [0.25, 0.3) is 0 Å². The number of hydrogen-bond acceptors (Lipinski definition) is 3. The van der Waals surface area contributed by atoms with Crippen LogP contribution in [0.25, 0.3) is 0 Å². The molecule has 2 heterocycles. The molecule has 0 atom stereocenters. The summed E-state index contributed by atoms with van der Waals surface area (Å²) < 4.78 is 13.2. The van der Waals surface area contributed by atoms with Gasteiger partial charge in [0.05, 0.1) is 11.6 Å². The molecule has 0 aromatic heterocycles. The molecule has 148 valence electrons. The van der Waals surface area contributed by atoms with Crippen LogP contribution in [0.1, 0.15) is 38.5 Å². The summed E-state index contributed by atoms with van der Waals surface area (Å²) in [5, 5.41) is 2.73. The van der Waals surface area contributed by atoms with Gasteiger partial charge in [0.1, 0.15) is 5.82 Å². The van der Waals surface area contributed by atoms with Gasteiger partial charge in [-0.1, -0.05) is 24.4 Å². The van der Waals surface area contributed by atoms with Crippen molar-refractivity contribution >= 4 is 29.1 Å². The van der Waals surface area contributed by atoms with E-state index in [0.717, 1.165) is 51.9 Å². The van der Waals surface area contributed by atoms with Crippen molar-refractivity contribution in [1.82, 2.24) is 9.80 Å². The van der Waals surface area contributed by atoms with E-state index in [-0.39, 0.29) is 23.4 Å². The standard InChI is InChI=1S/C20H27ClFN3O2/c21-17-13-16(5-6-18(17)22)23-19(26)14-24-11-7-15(8-12-24)20(27)25-9-3-1-2-4-10-25/h5-6,13,15H,1-4,7-12,14H2,(H,23,26). The number of hydrogen-bond donors (Lipinski definition) is 1. The Kier molecular flexibility index (Phi) is 7.07. The third-order valence-electron chi connectivity index (χ3n) is 5.43. The van der Waals surface area contributed by atoms with E-state index >= 15 is 0 Å². The zero-order valence-electron chi connectivity index (χ0n) is 15.6. The number of carbonyl (C=O) groups is 2. The fourth-order valence-electron chi connectivity index (χ4n) is 3.86. The molecule has 2 fully saturated rings. The highest BCUT2D eigenvalue weighted by Crippen LogP contribution is 2.22. The zero-order chi connectivity index (χ0) is 19.2. The summed E-state index contributed by atoms with van der Waals surface area (Å²) in [4.78, 5) is 29.0. The number of carbonyl (C=O) groups excluding carboxylic acids is 2. The smallest absolute Gasteiger partial charge is 0.238 e. The molecule has 0 saturated carbocycles. The summed E-state index contributed by atoms with van der Waals surface area (Å²) in [6.07, 6.45) is 6.25. The highest BCUT2D eigenvalue weighted by Gasteiger charge is 2.29. The monoisotopic (exact) mass is 395 g/mol. The van der Waals surface area contributed by atoms with E-state index < -0.39 is 5.82 Å². The van der Waals surface area contributed by atoms with Crippen molar-refractivity contribution < 1.29 is 14.0 Å². The zero-order valence-corrected chi connectivity index (χ0v) is 16.3. The third-order valence-corrected chi connectivity index (χ3v) is 5.71. The molecule has 27 heavy (non-hydrogen) atoms. The lowest BCUT2D eigenvalue weighted by Gasteiger charge is -2.33. The Hall–Kier alpha value is -1.66. The third kappa shape index (κ3) is 5.66. The molecule has 0 unspecified atom stereocenters. The van der Waals surface area contributed by atoms with Crippen molar-refractivity contribution in [2.75, 3.05) is 38.0 Å². The Labute approximate surface area is 164 Å². The average molecular weight is 396 g/mol. The molecule has 0 spiro atoms. The molecule has 1 aromatic rings. The maximum absolute atomic E-state index is 13.2. The van der Waals surface area contributed by atoms with E-state index in [4.69, 9.17) is 11.6 Å². The number of benzene rings is 1. The maximum Gasteiger partial charge on any atom is 0.238 e. The first kappa shape index (κ1) is 20.1. The molecular weight excluding hydrogens is 369 g/mol. The number of rotatable bonds is 4. The van der Waals surface area contributed by atoms with Crippen molar-refractivity contribution in [2.45, 2.75) is 38.5 Å². The van der Waals surface area contributed by atoms with Crippen LogP contribution in [-0.4, -0.2) is 54.3 Å². The SMILES string of the molecule is O=C(CN1CCC(C(=O)N2CCCCCC2)CC1)Nc1ccc(F)c(Cl)c1. The molecule has 5 nitrogen and oxygen atoms in total. The highest BCUT2D eigenvalue weighted by molar-refractivity contribution is 6.31. The van der Waals surface area contributed by atoms with Crippen LogP contribution in [0.3, 0.4) is 0 Å². The Morgan fingerprint density at radius 2 is 1.74 bits per heavy atom. The van der Waals surface area contributed by atoms with Gasteiger partial charge in [-0.2, -0.15) is 0 Å². The summed E-state index contributed by atoms with van der Waals surface area (Å²) in [5.74, 6) is -0.291. The Bertz CT molecular complexity index is 669. The van der Waals surface area contributed by atoms with Gasteiger partial charge in [-0.15, -0.1) is 0 Å². The van der Waals surface area contributed by atoms with Crippen molar-refractivity contribution in [1.29, 1.82) is 0 Å². The van der Waals surface area contributed by atoms with Gasteiger partial charge >= 0.3 is 0 Å². The molecule has 0 bridgehead atoms. The number of halogens is 2. The van der Waals surface area contributed by atoms with Gasteiger partial charge in [0, 0.05) is 24.7 Å². The molecule has 0 radical (unpaired) electrons. The van der Waals surface area contributed by atoms with E-state index in [1.807, 2.05) is 4.90 Å². The van der Waals surface area contributed by atoms with Crippen LogP contribution < -0.4 is 5.32 Å². The maximum atomic E-state index is 13.2. The Balaban J connectivity index is 1.44. The lowest BCUT2D eigenvalue weighted by Crippen LogP contribution is -2.44. The number of likely N-dealkylation sites (tertiary alicyclic amines) is 2. The highest BCUT2D eigenvalue weighted by atomic mass is 35.5. The molecule has 2 aliphatic rings. The molecule has 2 aliphatic heterocycles. The first-order valence-electron chi connectivity index (χ1n) is 9.79. The fraction of sp³-hybridized carbons (Fsp3) is 0.600. The summed E-state index contributed by atoms with van der Waals surface area (Å²) in [5.41, 5.74) is 0.484. The number of amides is 2. The summed E-state index contributed by atoms with van der Waals surface area (Å²) >= 11 is 5.74. The first-order chi connectivity index (χ1) is 13.0. The van der Waals surface area contributed by atoms with Gasteiger partial charge in [0.2, 0.25) is 11.8 Å². The Morgan fingerprint density at radius 3 is 2.37 bits per heavy atom. The quantitative estimate of drug-likeness (QED) is 0.848. The number of anilines is 1. The second-order valence-electron chi connectivity index (χ2n) is 7.47. The molecule has 0 aliphatic carbocycles. The van der Waals surface area contributed by atoms with E-state index in [0.29, 0.717) is 11.6 Å². The minimum absolute atomic E-state index is 0.0133. The van der Waals surface area contributed by atoms with Crippen LogP contribution in [0.2, 0.25) is 5.02 Å². The van der Waals surface area contributed by atoms with E-state index in [2.05, 4.69) is 10.2 Å². The van der Waals surface area contributed by atoms with Crippen LogP contribution >= 0.6 is 11.6 Å². The van der Waals surface area contributed by atoms with E-state index in [9.17, 15) is 14.0 Å². The second-order valence-corrected chi connectivity index (χ2v) is 7.87. The van der Waals surface area contributed by atoms with Crippen LogP contribution in [0, 0.1) is 11.7 Å². The van der Waals surface area contributed by atoms with Gasteiger partial charge in [0.15, 0.2) is 0 Å². The molecule has 7 heteroatoms. The predicted molar refractivity (Wildman–Crippen MR) is 104 cm³/mol. The molecule has 2 amide bonds. The number of piperidine rings is 1. The van der Waals surface area contributed by atoms with Crippen molar-refractivity contribution in [3.63, 3.8) is 0 Å². The minimum Gasteiger partial charge on any atom is -0.342 e.